The molecule has 0 radical (unpaired) electrons. The highest BCUT2D eigenvalue weighted by Gasteiger charge is 2.33. The number of carbonyl (C=O) groups excluding carboxylic acids is 2. The highest BCUT2D eigenvalue weighted by molar-refractivity contribution is 5.94. The first-order valence-electron chi connectivity index (χ1n) is 13.8. The van der Waals surface area contributed by atoms with Gasteiger partial charge in [0, 0.05) is 0 Å². The second kappa shape index (κ2) is 17.4. The number of unbranched alkanes of at least 4 members (excludes halogenated alkanes) is 8. The number of hydrogen-bond acceptors (Lipinski definition) is 5. The van der Waals surface area contributed by atoms with Crippen molar-refractivity contribution < 1.29 is 41.4 Å². The van der Waals surface area contributed by atoms with E-state index in [0.717, 1.165) is 24.5 Å². The molecule has 2 rings (SSSR count). The number of rotatable bonds is 18. The summed E-state index contributed by atoms with van der Waals surface area (Å²) in [5.74, 6) is -3.81. The summed E-state index contributed by atoms with van der Waals surface area (Å²) in [7, 11) is 0. The second-order valence-corrected chi connectivity index (χ2v) is 9.56. The fourth-order valence-corrected chi connectivity index (χ4v) is 4.10. The number of alkyl halides is 3. The number of hydrogen-bond donors (Lipinski definition) is 0. The van der Waals surface area contributed by atoms with E-state index in [9.17, 15) is 27.2 Å². The van der Waals surface area contributed by atoms with E-state index in [1.165, 1.54) is 49.8 Å². The summed E-state index contributed by atoms with van der Waals surface area (Å²) in [6, 6.07) is 11.7. The molecule has 9 heteroatoms. The lowest BCUT2D eigenvalue weighted by Crippen LogP contribution is -2.19. The van der Waals surface area contributed by atoms with Crippen molar-refractivity contribution in [2.24, 2.45) is 0 Å². The smallest absolute Gasteiger partial charge is 0.462 e. The van der Waals surface area contributed by atoms with E-state index in [1.807, 2.05) is 24.3 Å². The number of aryl methyl sites for hydroxylation is 1. The fraction of sp³-hybridized carbons (Fsp3) is 0.484. The SMILES string of the molecule is C=C(F)C(=O)OCCCCCCOC(=O)c1cc(-c2ccc(CCCCCCCC)cc2)ccc1OC(F)(F)F. The van der Waals surface area contributed by atoms with Crippen molar-refractivity contribution >= 4 is 11.9 Å². The molecule has 0 N–H and O–H groups in total. The average Bonchev–Trinajstić information content (AvgIpc) is 2.91. The third kappa shape index (κ3) is 12.7. The minimum Gasteiger partial charge on any atom is -0.462 e. The summed E-state index contributed by atoms with van der Waals surface area (Å²) < 4.78 is 65.3. The molecule has 0 unspecified atom stereocenters. The lowest BCUT2D eigenvalue weighted by Gasteiger charge is -2.14. The standard InChI is InChI=1S/C31H38F4O5/c1-3-4-5-6-7-10-13-24-14-16-25(17-15-24)26-18-19-28(40-31(33,34)35)27(22-26)30(37)39-21-12-9-8-11-20-38-29(36)23(2)32/h14-19,22H,2-13,20-21H2,1H3. The predicted molar refractivity (Wildman–Crippen MR) is 146 cm³/mol. The number of benzene rings is 2. The minimum atomic E-state index is -4.97. The first-order chi connectivity index (χ1) is 19.1. The average molecular weight is 567 g/mol. The Morgan fingerprint density at radius 2 is 1.35 bits per heavy atom. The monoisotopic (exact) mass is 566 g/mol. The number of halogens is 4. The molecule has 0 aliphatic carbocycles. The topological polar surface area (TPSA) is 61.8 Å². The van der Waals surface area contributed by atoms with Crippen molar-refractivity contribution in [2.75, 3.05) is 13.2 Å². The molecule has 220 valence electrons. The van der Waals surface area contributed by atoms with Crippen LogP contribution in [0.15, 0.2) is 54.9 Å². The number of carbonyl (C=O) groups is 2. The van der Waals surface area contributed by atoms with Crippen LogP contribution in [0.2, 0.25) is 0 Å². The van der Waals surface area contributed by atoms with Crippen LogP contribution in [0.3, 0.4) is 0 Å². The first kappa shape index (κ1) is 32.8. The van der Waals surface area contributed by atoms with Crippen LogP contribution < -0.4 is 4.74 Å². The molecule has 2 aromatic rings. The fourth-order valence-electron chi connectivity index (χ4n) is 4.10. The quantitative estimate of drug-likeness (QED) is 0.0780. The van der Waals surface area contributed by atoms with Crippen LogP contribution in [0, 0.1) is 0 Å². The molecule has 0 saturated heterocycles. The van der Waals surface area contributed by atoms with Crippen LogP contribution >= 0.6 is 0 Å². The van der Waals surface area contributed by atoms with E-state index in [0.29, 0.717) is 31.2 Å². The highest BCUT2D eigenvalue weighted by atomic mass is 19.4. The molecule has 0 bridgehead atoms. The van der Waals surface area contributed by atoms with E-state index in [2.05, 4.69) is 23.0 Å². The zero-order valence-electron chi connectivity index (χ0n) is 23.0. The molecule has 0 heterocycles. The summed E-state index contributed by atoms with van der Waals surface area (Å²) >= 11 is 0. The van der Waals surface area contributed by atoms with E-state index < -0.39 is 29.9 Å². The molecule has 0 aliphatic rings. The van der Waals surface area contributed by atoms with Gasteiger partial charge in [0.05, 0.1) is 13.2 Å². The summed E-state index contributed by atoms with van der Waals surface area (Å²) in [6.07, 6.45) is 5.40. The molecule has 0 saturated carbocycles. The lowest BCUT2D eigenvalue weighted by molar-refractivity contribution is -0.274. The second-order valence-electron chi connectivity index (χ2n) is 9.56. The largest absolute Gasteiger partial charge is 0.573 e. The van der Waals surface area contributed by atoms with E-state index in [-0.39, 0.29) is 18.8 Å². The normalized spacial score (nSPS) is 11.2. The summed E-state index contributed by atoms with van der Waals surface area (Å²) in [6.45, 7) is 5.06. The summed E-state index contributed by atoms with van der Waals surface area (Å²) in [5.41, 5.74) is 2.20. The van der Waals surface area contributed by atoms with Crippen LogP contribution in [-0.2, 0) is 20.7 Å². The summed E-state index contributed by atoms with van der Waals surface area (Å²) in [4.78, 5) is 23.7. The van der Waals surface area contributed by atoms with Gasteiger partial charge in [0.15, 0.2) is 0 Å². The molecular weight excluding hydrogens is 528 g/mol. The predicted octanol–water partition coefficient (Wildman–Crippen LogP) is 8.90. The van der Waals surface area contributed by atoms with Crippen molar-refractivity contribution in [3.8, 4) is 16.9 Å². The van der Waals surface area contributed by atoms with Gasteiger partial charge in [0.2, 0.25) is 5.83 Å². The molecule has 0 spiro atoms. The maximum Gasteiger partial charge on any atom is 0.573 e. The third-order valence-corrected chi connectivity index (χ3v) is 6.26. The van der Waals surface area contributed by atoms with Crippen molar-refractivity contribution in [2.45, 2.75) is 83.9 Å². The Kier molecular flexibility index (Phi) is 14.3. The Labute approximate surface area is 233 Å². The maximum absolute atomic E-state index is 13.0. The van der Waals surface area contributed by atoms with Crippen LogP contribution in [-0.4, -0.2) is 31.5 Å². The number of ether oxygens (including phenoxy) is 3. The van der Waals surface area contributed by atoms with Gasteiger partial charge in [-0.2, -0.15) is 4.39 Å². The van der Waals surface area contributed by atoms with Gasteiger partial charge in [0.1, 0.15) is 11.3 Å². The molecule has 5 nitrogen and oxygen atoms in total. The van der Waals surface area contributed by atoms with Gasteiger partial charge in [0.25, 0.3) is 0 Å². The Balaban J connectivity index is 1.94. The van der Waals surface area contributed by atoms with Gasteiger partial charge in [-0.15, -0.1) is 13.2 Å². The molecular formula is C31H38F4O5. The maximum atomic E-state index is 13.0. The molecule has 0 aliphatic heterocycles. The Morgan fingerprint density at radius 1 is 0.775 bits per heavy atom. The molecule has 0 amide bonds. The molecule has 0 atom stereocenters. The highest BCUT2D eigenvalue weighted by Crippen LogP contribution is 2.31. The molecule has 0 aromatic heterocycles. The minimum absolute atomic E-state index is 0.0112. The van der Waals surface area contributed by atoms with Crippen molar-refractivity contribution in [3.63, 3.8) is 0 Å². The van der Waals surface area contributed by atoms with Gasteiger partial charge < -0.3 is 14.2 Å². The zero-order valence-corrected chi connectivity index (χ0v) is 23.0. The van der Waals surface area contributed by atoms with E-state index in [4.69, 9.17) is 4.74 Å². The lowest BCUT2D eigenvalue weighted by atomic mass is 9.99. The Morgan fingerprint density at radius 3 is 1.98 bits per heavy atom. The van der Waals surface area contributed by atoms with Crippen molar-refractivity contribution in [3.05, 3.63) is 66.0 Å². The van der Waals surface area contributed by atoms with Crippen LogP contribution in [0.5, 0.6) is 5.75 Å². The first-order valence-corrected chi connectivity index (χ1v) is 13.8. The van der Waals surface area contributed by atoms with E-state index >= 15 is 0 Å². The Bertz CT molecular complexity index is 1080. The van der Waals surface area contributed by atoms with Crippen molar-refractivity contribution in [1.29, 1.82) is 0 Å². The van der Waals surface area contributed by atoms with Crippen LogP contribution in [0.25, 0.3) is 11.1 Å². The zero-order chi connectivity index (χ0) is 29.4. The Hall–Kier alpha value is -3.36. The van der Waals surface area contributed by atoms with Crippen molar-refractivity contribution in [1.82, 2.24) is 0 Å². The van der Waals surface area contributed by atoms with Gasteiger partial charge in [-0.1, -0.05) is 75.9 Å². The number of esters is 2. The van der Waals surface area contributed by atoms with E-state index in [1.54, 1.807) is 0 Å². The van der Waals surface area contributed by atoms with Crippen LogP contribution in [0.4, 0.5) is 17.6 Å². The van der Waals surface area contributed by atoms with Gasteiger partial charge in [-0.25, -0.2) is 9.59 Å². The summed E-state index contributed by atoms with van der Waals surface area (Å²) in [5, 5.41) is 0. The molecule has 40 heavy (non-hydrogen) atoms. The van der Waals surface area contributed by atoms with Gasteiger partial charge in [-0.05, 0) is 67.3 Å². The third-order valence-electron chi connectivity index (χ3n) is 6.26. The van der Waals surface area contributed by atoms with Gasteiger partial charge >= 0.3 is 18.3 Å². The molecule has 0 fully saturated rings. The van der Waals surface area contributed by atoms with Crippen LogP contribution in [0.1, 0.15) is 87.1 Å². The molecule has 2 aromatic carbocycles. The van der Waals surface area contributed by atoms with Gasteiger partial charge in [-0.3, -0.25) is 0 Å².